The van der Waals surface area contributed by atoms with Gasteiger partial charge < -0.3 is 25.3 Å². The van der Waals surface area contributed by atoms with Gasteiger partial charge in [0.25, 0.3) is 0 Å². The van der Waals surface area contributed by atoms with Gasteiger partial charge >= 0.3 is 12.0 Å². The van der Waals surface area contributed by atoms with Crippen molar-refractivity contribution in [3.8, 4) is 11.5 Å². The third-order valence-corrected chi connectivity index (χ3v) is 2.93. The number of ketones is 1. The van der Waals surface area contributed by atoms with E-state index in [9.17, 15) is 14.4 Å². The van der Waals surface area contributed by atoms with E-state index in [0.29, 0.717) is 17.9 Å². The van der Waals surface area contributed by atoms with Crippen molar-refractivity contribution < 1.29 is 28.6 Å². The minimum Gasteiger partial charge on any atom is -0.497 e. The van der Waals surface area contributed by atoms with Gasteiger partial charge in [0.15, 0.2) is 6.61 Å². The van der Waals surface area contributed by atoms with E-state index in [0.717, 1.165) is 0 Å². The van der Waals surface area contributed by atoms with Crippen LogP contribution in [-0.4, -0.2) is 45.2 Å². The number of carbonyl (C=O) groups excluding carboxylic acids is 3. The molecule has 0 saturated carbocycles. The fraction of sp³-hybridized carbons (Fsp3) is 0.400. The second kappa shape index (κ2) is 9.29. The Kier molecular flexibility index (Phi) is 7.38. The number of Topliss-reactive ketones (excluding diaryl/α,β-unsaturated/α-hetero) is 1. The molecule has 0 unspecified atom stereocenters. The van der Waals surface area contributed by atoms with E-state index in [1.807, 2.05) is 0 Å². The van der Waals surface area contributed by atoms with Gasteiger partial charge in [0.1, 0.15) is 11.5 Å². The first-order chi connectivity index (χ1) is 11.0. The van der Waals surface area contributed by atoms with Crippen LogP contribution < -0.4 is 20.5 Å². The van der Waals surface area contributed by atoms with Crippen LogP contribution in [0.5, 0.6) is 11.5 Å². The largest absolute Gasteiger partial charge is 0.497 e. The molecule has 1 aromatic rings. The van der Waals surface area contributed by atoms with E-state index in [1.165, 1.54) is 20.3 Å². The van der Waals surface area contributed by atoms with Gasteiger partial charge in [0, 0.05) is 13.0 Å². The summed E-state index contributed by atoms with van der Waals surface area (Å²) in [4.78, 5) is 34.1. The predicted octanol–water partition coefficient (Wildman–Crippen LogP) is 0.878. The molecule has 0 atom stereocenters. The van der Waals surface area contributed by atoms with Crippen molar-refractivity contribution in [1.82, 2.24) is 5.32 Å². The lowest BCUT2D eigenvalue weighted by Crippen LogP contribution is -2.30. The second-order valence-electron chi connectivity index (χ2n) is 4.54. The second-order valence-corrected chi connectivity index (χ2v) is 4.54. The first kappa shape index (κ1) is 18.3. The van der Waals surface area contributed by atoms with Gasteiger partial charge in [0.05, 0.1) is 19.8 Å². The first-order valence-corrected chi connectivity index (χ1v) is 6.92. The fourth-order valence-electron chi connectivity index (χ4n) is 1.77. The maximum Gasteiger partial charge on any atom is 0.312 e. The van der Waals surface area contributed by atoms with E-state index in [2.05, 4.69) is 5.32 Å². The highest BCUT2D eigenvalue weighted by atomic mass is 16.5. The van der Waals surface area contributed by atoms with E-state index < -0.39 is 24.4 Å². The fourth-order valence-corrected chi connectivity index (χ4v) is 1.77. The van der Waals surface area contributed by atoms with Gasteiger partial charge in [-0.3, -0.25) is 9.59 Å². The Labute approximate surface area is 133 Å². The van der Waals surface area contributed by atoms with Crippen LogP contribution in [0.4, 0.5) is 4.79 Å². The molecule has 2 amide bonds. The van der Waals surface area contributed by atoms with Crippen molar-refractivity contribution in [2.75, 3.05) is 27.4 Å². The summed E-state index contributed by atoms with van der Waals surface area (Å²) in [5.74, 6) is -0.0636. The number of amides is 2. The summed E-state index contributed by atoms with van der Waals surface area (Å²) >= 11 is 0. The van der Waals surface area contributed by atoms with Gasteiger partial charge in [-0.25, -0.2) is 4.79 Å². The highest BCUT2D eigenvalue weighted by Gasteiger charge is 2.15. The molecule has 0 heterocycles. The van der Waals surface area contributed by atoms with Gasteiger partial charge in [0.2, 0.25) is 5.78 Å². The minimum atomic E-state index is -0.654. The van der Waals surface area contributed by atoms with Gasteiger partial charge in [-0.2, -0.15) is 0 Å². The van der Waals surface area contributed by atoms with Crippen LogP contribution in [0, 0.1) is 0 Å². The number of methoxy groups -OCH3 is 2. The highest BCUT2D eigenvalue weighted by molar-refractivity contribution is 6.00. The van der Waals surface area contributed by atoms with Crippen LogP contribution in [-0.2, 0) is 9.53 Å². The minimum absolute atomic E-state index is 0.0722. The van der Waals surface area contributed by atoms with Crippen molar-refractivity contribution in [3.63, 3.8) is 0 Å². The van der Waals surface area contributed by atoms with Crippen molar-refractivity contribution in [3.05, 3.63) is 23.8 Å². The number of hydrogen-bond acceptors (Lipinski definition) is 6. The maximum absolute atomic E-state index is 12.1. The lowest BCUT2D eigenvalue weighted by atomic mass is 10.1. The summed E-state index contributed by atoms with van der Waals surface area (Å²) in [6.45, 7) is -0.131. The molecule has 23 heavy (non-hydrogen) atoms. The molecule has 8 heteroatoms. The van der Waals surface area contributed by atoms with E-state index >= 15 is 0 Å². The molecule has 8 nitrogen and oxygen atoms in total. The van der Waals surface area contributed by atoms with E-state index in [1.54, 1.807) is 12.1 Å². The highest BCUT2D eigenvalue weighted by Crippen LogP contribution is 2.24. The monoisotopic (exact) mass is 324 g/mol. The molecular weight excluding hydrogens is 304 g/mol. The van der Waals surface area contributed by atoms with Crippen LogP contribution >= 0.6 is 0 Å². The van der Waals surface area contributed by atoms with Gasteiger partial charge in [-0.1, -0.05) is 0 Å². The molecule has 0 bridgehead atoms. The number of benzene rings is 1. The van der Waals surface area contributed by atoms with Crippen molar-refractivity contribution >= 4 is 17.8 Å². The van der Waals surface area contributed by atoms with E-state index in [-0.39, 0.29) is 18.5 Å². The summed E-state index contributed by atoms with van der Waals surface area (Å²) in [5.41, 5.74) is 5.16. The molecule has 0 spiro atoms. The van der Waals surface area contributed by atoms with Crippen molar-refractivity contribution in [2.45, 2.75) is 12.8 Å². The molecule has 0 aromatic heterocycles. The summed E-state index contributed by atoms with van der Waals surface area (Å²) in [6.07, 6.45) is 0.446. The number of rotatable bonds is 9. The molecule has 3 N–H and O–H groups in total. The third kappa shape index (κ3) is 6.25. The molecule has 0 saturated heterocycles. The van der Waals surface area contributed by atoms with Crippen LogP contribution in [0.15, 0.2) is 18.2 Å². The molecule has 1 rings (SSSR count). The van der Waals surface area contributed by atoms with Crippen molar-refractivity contribution in [2.24, 2.45) is 5.73 Å². The third-order valence-electron chi connectivity index (χ3n) is 2.93. The Balaban J connectivity index is 2.50. The Morgan fingerprint density at radius 3 is 2.52 bits per heavy atom. The number of carbonyl (C=O) groups is 3. The smallest absolute Gasteiger partial charge is 0.312 e. The predicted molar refractivity (Wildman–Crippen MR) is 81.7 cm³/mol. The Morgan fingerprint density at radius 1 is 1.17 bits per heavy atom. The normalized spacial score (nSPS) is 9.83. The molecule has 0 fully saturated rings. The lowest BCUT2D eigenvalue weighted by molar-refractivity contribution is -0.142. The Hall–Kier alpha value is -2.77. The molecule has 0 aliphatic heterocycles. The van der Waals surface area contributed by atoms with Crippen LogP contribution in [0.3, 0.4) is 0 Å². The standard InChI is InChI=1S/C15H20N2O6/c1-21-10-5-6-13(22-2)11(8-10)12(18)9-23-14(19)4-3-7-17-15(16)20/h5-6,8H,3-4,7,9H2,1-2H3,(H3,16,17,20). The van der Waals surface area contributed by atoms with Crippen LogP contribution in [0.1, 0.15) is 23.2 Å². The van der Waals surface area contributed by atoms with Crippen molar-refractivity contribution in [1.29, 1.82) is 0 Å². The summed E-state index contributed by atoms with van der Waals surface area (Å²) in [6, 6.07) is 4.13. The summed E-state index contributed by atoms with van der Waals surface area (Å²) in [7, 11) is 2.92. The number of hydrogen-bond donors (Lipinski definition) is 2. The van der Waals surface area contributed by atoms with Gasteiger partial charge in [-0.05, 0) is 24.6 Å². The Morgan fingerprint density at radius 2 is 1.91 bits per heavy atom. The van der Waals surface area contributed by atoms with E-state index in [4.69, 9.17) is 19.9 Å². The Bertz CT molecular complexity index is 573. The average molecular weight is 324 g/mol. The number of nitrogens with one attached hydrogen (secondary N) is 1. The zero-order valence-corrected chi connectivity index (χ0v) is 13.1. The summed E-state index contributed by atoms with van der Waals surface area (Å²) in [5, 5.41) is 2.35. The number of urea groups is 1. The number of nitrogens with two attached hydrogens (primary N) is 1. The number of primary amides is 1. The van der Waals surface area contributed by atoms with Crippen LogP contribution in [0.25, 0.3) is 0 Å². The molecule has 0 radical (unpaired) electrons. The topological polar surface area (TPSA) is 117 Å². The zero-order chi connectivity index (χ0) is 17.2. The number of esters is 1. The molecule has 0 aliphatic rings. The molecular formula is C15H20N2O6. The zero-order valence-electron chi connectivity index (χ0n) is 13.1. The molecule has 0 aliphatic carbocycles. The first-order valence-electron chi connectivity index (χ1n) is 6.92. The summed E-state index contributed by atoms with van der Waals surface area (Å²) < 4.78 is 15.1. The number of ether oxygens (including phenoxy) is 3. The maximum atomic E-state index is 12.1. The van der Waals surface area contributed by atoms with Crippen LogP contribution in [0.2, 0.25) is 0 Å². The molecule has 126 valence electrons. The SMILES string of the molecule is COc1ccc(OC)c(C(=O)COC(=O)CCCNC(N)=O)c1. The quantitative estimate of drug-likeness (QED) is 0.395. The lowest BCUT2D eigenvalue weighted by Gasteiger charge is -2.10. The van der Waals surface area contributed by atoms with Gasteiger partial charge in [-0.15, -0.1) is 0 Å². The molecule has 1 aromatic carbocycles. The average Bonchev–Trinajstić information content (AvgIpc) is 2.55.